The van der Waals surface area contributed by atoms with Gasteiger partial charge in [-0.3, -0.25) is 14.2 Å². The molecule has 1 aliphatic heterocycles. The Morgan fingerprint density at radius 1 is 1.23 bits per heavy atom. The predicted octanol–water partition coefficient (Wildman–Crippen LogP) is 2.69. The third-order valence-electron chi connectivity index (χ3n) is 4.53. The minimum atomic E-state index is -0.593. The van der Waals surface area contributed by atoms with Crippen molar-refractivity contribution >= 4 is 45.1 Å². The molecule has 2 aromatic carbocycles. The third-order valence-corrected chi connectivity index (χ3v) is 5.29. The lowest BCUT2D eigenvalue weighted by atomic mass is 10.1. The van der Waals surface area contributed by atoms with Crippen LogP contribution in [0.1, 0.15) is 0 Å². The molecule has 5 rings (SSSR count). The molecule has 0 unspecified atom stereocenters. The highest BCUT2D eigenvalue weighted by Gasteiger charge is 2.18. The molecule has 1 aliphatic rings. The Balaban J connectivity index is 1.33. The molecule has 2 N–H and O–H groups in total. The SMILES string of the molecule is O=C(Cn1c(=O)oc2ccccc21)Nc1nc(-c2ccc3c(c2)NC(=O)CO3)cs1. The van der Waals surface area contributed by atoms with Crippen LogP contribution in [0.2, 0.25) is 0 Å². The fraction of sp³-hybridized carbons (Fsp3) is 0.100. The number of hydrogen-bond acceptors (Lipinski definition) is 7. The lowest BCUT2D eigenvalue weighted by Crippen LogP contribution is -2.25. The lowest BCUT2D eigenvalue weighted by Gasteiger charge is -2.18. The van der Waals surface area contributed by atoms with Crippen LogP contribution in [0.5, 0.6) is 5.75 Å². The summed E-state index contributed by atoms with van der Waals surface area (Å²) in [6, 6.07) is 12.3. The molecule has 0 radical (unpaired) electrons. The molecule has 3 heterocycles. The minimum Gasteiger partial charge on any atom is -0.482 e. The quantitative estimate of drug-likeness (QED) is 0.522. The Morgan fingerprint density at radius 2 is 2.10 bits per heavy atom. The number of fused-ring (bicyclic) bond motifs is 2. The Labute approximate surface area is 172 Å². The number of amides is 2. The number of benzene rings is 2. The molecule has 0 aliphatic carbocycles. The van der Waals surface area contributed by atoms with Crippen LogP contribution in [0, 0.1) is 0 Å². The van der Waals surface area contributed by atoms with Gasteiger partial charge in [0, 0.05) is 10.9 Å². The van der Waals surface area contributed by atoms with E-state index >= 15 is 0 Å². The van der Waals surface area contributed by atoms with E-state index in [1.54, 1.807) is 41.8 Å². The summed E-state index contributed by atoms with van der Waals surface area (Å²) in [6.07, 6.45) is 0. The number of aromatic nitrogens is 2. The van der Waals surface area contributed by atoms with E-state index in [4.69, 9.17) is 9.15 Å². The van der Waals surface area contributed by atoms with Gasteiger partial charge in [0.05, 0.1) is 16.9 Å². The topological polar surface area (TPSA) is 115 Å². The first-order valence-corrected chi connectivity index (χ1v) is 9.85. The van der Waals surface area contributed by atoms with E-state index in [9.17, 15) is 14.4 Å². The van der Waals surface area contributed by atoms with Gasteiger partial charge in [-0.05, 0) is 30.3 Å². The van der Waals surface area contributed by atoms with Gasteiger partial charge in [0.15, 0.2) is 17.3 Å². The Morgan fingerprint density at radius 3 is 3.00 bits per heavy atom. The van der Waals surface area contributed by atoms with Gasteiger partial charge >= 0.3 is 5.76 Å². The number of thiazole rings is 1. The Kier molecular flexibility index (Phi) is 4.32. The summed E-state index contributed by atoms with van der Waals surface area (Å²) in [5, 5.41) is 7.65. The third kappa shape index (κ3) is 3.33. The molecule has 2 amide bonds. The molecule has 9 nitrogen and oxygen atoms in total. The molecule has 0 atom stereocenters. The van der Waals surface area contributed by atoms with E-state index in [0.717, 1.165) is 5.56 Å². The fourth-order valence-electron chi connectivity index (χ4n) is 3.17. The van der Waals surface area contributed by atoms with Crippen LogP contribution in [0.4, 0.5) is 10.8 Å². The molecule has 2 aromatic heterocycles. The summed E-state index contributed by atoms with van der Waals surface area (Å²) < 4.78 is 11.8. The molecule has 10 heteroatoms. The Hall–Kier alpha value is -3.92. The second-order valence-corrected chi connectivity index (χ2v) is 7.41. The van der Waals surface area contributed by atoms with E-state index in [-0.39, 0.29) is 19.1 Å². The van der Waals surface area contributed by atoms with Gasteiger partial charge in [-0.15, -0.1) is 11.3 Å². The molecule has 0 fully saturated rings. The normalized spacial score (nSPS) is 12.9. The molecule has 4 aromatic rings. The van der Waals surface area contributed by atoms with E-state index in [1.165, 1.54) is 15.9 Å². The maximum absolute atomic E-state index is 12.4. The molecule has 150 valence electrons. The number of para-hydroxylation sites is 2. The fourth-order valence-corrected chi connectivity index (χ4v) is 3.91. The largest absolute Gasteiger partial charge is 0.482 e. The van der Waals surface area contributed by atoms with Gasteiger partial charge in [-0.25, -0.2) is 9.78 Å². The van der Waals surface area contributed by atoms with Crippen molar-refractivity contribution in [3.05, 3.63) is 58.4 Å². The zero-order valence-corrected chi connectivity index (χ0v) is 16.2. The number of oxazole rings is 1. The molecular weight excluding hydrogens is 408 g/mol. The number of nitrogens with one attached hydrogen (secondary N) is 2. The van der Waals surface area contributed by atoms with Crippen LogP contribution in [-0.2, 0) is 16.1 Å². The van der Waals surface area contributed by atoms with Crippen molar-refractivity contribution in [2.75, 3.05) is 17.2 Å². The summed E-state index contributed by atoms with van der Waals surface area (Å²) in [5.41, 5.74) is 2.97. The van der Waals surface area contributed by atoms with Crippen molar-refractivity contribution in [3.63, 3.8) is 0 Å². The highest BCUT2D eigenvalue weighted by atomic mass is 32.1. The van der Waals surface area contributed by atoms with Gasteiger partial charge in [-0.1, -0.05) is 12.1 Å². The summed E-state index contributed by atoms with van der Waals surface area (Å²) in [4.78, 5) is 40.4. The van der Waals surface area contributed by atoms with E-state index < -0.39 is 11.7 Å². The number of anilines is 2. The number of hydrogen-bond donors (Lipinski definition) is 2. The zero-order chi connectivity index (χ0) is 20.7. The number of carbonyl (C=O) groups is 2. The van der Waals surface area contributed by atoms with E-state index in [0.29, 0.717) is 33.4 Å². The van der Waals surface area contributed by atoms with Gasteiger partial charge in [0.25, 0.3) is 5.91 Å². The van der Waals surface area contributed by atoms with Gasteiger partial charge in [-0.2, -0.15) is 0 Å². The number of ether oxygens (including phenoxy) is 1. The van der Waals surface area contributed by atoms with Crippen molar-refractivity contribution in [1.82, 2.24) is 9.55 Å². The number of rotatable bonds is 4. The first-order chi connectivity index (χ1) is 14.6. The first kappa shape index (κ1) is 18.1. The highest BCUT2D eigenvalue weighted by molar-refractivity contribution is 7.14. The highest BCUT2D eigenvalue weighted by Crippen LogP contribution is 2.33. The predicted molar refractivity (Wildman–Crippen MR) is 111 cm³/mol. The first-order valence-electron chi connectivity index (χ1n) is 8.98. The van der Waals surface area contributed by atoms with Crippen LogP contribution >= 0.6 is 11.3 Å². The van der Waals surface area contributed by atoms with E-state index in [2.05, 4.69) is 15.6 Å². The van der Waals surface area contributed by atoms with Crippen molar-refractivity contribution in [3.8, 4) is 17.0 Å². The smallest absolute Gasteiger partial charge is 0.420 e. The lowest BCUT2D eigenvalue weighted by molar-refractivity contribution is -0.118. The summed E-state index contributed by atoms with van der Waals surface area (Å²) in [5.74, 6) is -0.604. The van der Waals surface area contributed by atoms with Crippen LogP contribution in [0.15, 0.2) is 57.1 Å². The molecule has 0 spiro atoms. The number of carbonyl (C=O) groups excluding carboxylic acids is 2. The van der Waals surface area contributed by atoms with Crippen LogP contribution in [-0.4, -0.2) is 28.0 Å². The molecule has 0 bridgehead atoms. The maximum atomic E-state index is 12.4. The van der Waals surface area contributed by atoms with Crippen LogP contribution < -0.4 is 21.1 Å². The van der Waals surface area contributed by atoms with E-state index in [1.807, 2.05) is 6.07 Å². The summed E-state index contributed by atoms with van der Waals surface area (Å²) in [6.45, 7) is -0.193. The zero-order valence-electron chi connectivity index (χ0n) is 15.4. The monoisotopic (exact) mass is 422 g/mol. The van der Waals surface area contributed by atoms with Crippen LogP contribution in [0.25, 0.3) is 22.4 Å². The van der Waals surface area contributed by atoms with Gasteiger partial charge in [0.1, 0.15) is 12.3 Å². The minimum absolute atomic E-state index is 0.00569. The Bertz CT molecular complexity index is 1350. The number of nitrogens with zero attached hydrogens (tertiary/aromatic N) is 2. The molecular formula is C20H14N4O5S. The second kappa shape index (κ2) is 7.16. The molecule has 0 saturated heterocycles. The van der Waals surface area contributed by atoms with Crippen molar-refractivity contribution in [2.45, 2.75) is 6.54 Å². The van der Waals surface area contributed by atoms with Gasteiger partial charge < -0.3 is 19.8 Å². The maximum Gasteiger partial charge on any atom is 0.420 e. The molecule has 0 saturated carbocycles. The summed E-state index contributed by atoms with van der Waals surface area (Å²) >= 11 is 1.26. The molecule has 30 heavy (non-hydrogen) atoms. The van der Waals surface area contributed by atoms with Crippen molar-refractivity contribution in [1.29, 1.82) is 0 Å². The average molecular weight is 422 g/mol. The standard InChI is InChI=1S/C20H14N4O5S/c25-17(8-24-14-3-1-2-4-16(14)29-20(24)27)23-19-22-13(10-30-19)11-5-6-15-12(7-11)21-18(26)9-28-15/h1-7,10H,8-9H2,(H,21,26)(H,22,23,25). The van der Waals surface area contributed by atoms with Crippen molar-refractivity contribution < 1.29 is 18.7 Å². The van der Waals surface area contributed by atoms with Crippen LogP contribution in [0.3, 0.4) is 0 Å². The van der Waals surface area contributed by atoms with Crippen molar-refractivity contribution in [2.24, 2.45) is 0 Å². The van der Waals surface area contributed by atoms with Gasteiger partial charge in [0.2, 0.25) is 5.91 Å². The summed E-state index contributed by atoms with van der Waals surface area (Å²) in [7, 11) is 0. The second-order valence-electron chi connectivity index (χ2n) is 6.56. The average Bonchev–Trinajstić information content (AvgIpc) is 3.32.